The number of rotatable bonds is 3. The van der Waals surface area contributed by atoms with Crippen molar-refractivity contribution in [2.45, 2.75) is 25.8 Å². The van der Waals surface area contributed by atoms with Crippen molar-refractivity contribution in [3.8, 4) is 28.6 Å². The summed E-state index contributed by atoms with van der Waals surface area (Å²) in [4.78, 5) is 13.3. The van der Waals surface area contributed by atoms with Crippen molar-refractivity contribution in [1.82, 2.24) is 34.5 Å². The Morgan fingerprint density at radius 1 is 1.29 bits per heavy atom. The molecular formula is C18H15ClFN7O. The van der Waals surface area contributed by atoms with E-state index < -0.39 is 5.41 Å². The van der Waals surface area contributed by atoms with Crippen molar-refractivity contribution in [3.05, 3.63) is 48.3 Å². The van der Waals surface area contributed by atoms with Crippen molar-refractivity contribution >= 4 is 11.6 Å². The Labute approximate surface area is 164 Å². The van der Waals surface area contributed by atoms with Crippen LogP contribution in [0.5, 0.6) is 0 Å². The van der Waals surface area contributed by atoms with Crippen LogP contribution in [-0.2, 0) is 12.0 Å². The number of halogens is 2. The third-order valence-corrected chi connectivity index (χ3v) is 5.46. The molecule has 0 saturated carbocycles. The molecule has 0 atom stereocenters. The van der Waals surface area contributed by atoms with E-state index in [0.29, 0.717) is 41.2 Å². The molecule has 0 saturated heterocycles. The molecule has 8 nitrogen and oxygen atoms in total. The minimum atomic E-state index is -0.452. The average molecular weight is 400 g/mol. The van der Waals surface area contributed by atoms with Crippen LogP contribution >= 0.6 is 11.6 Å². The summed E-state index contributed by atoms with van der Waals surface area (Å²) in [5.74, 6) is 1.40. The smallest absolute Gasteiger partial charge is 0.233 e. The summed E-state index contributed by atoms with van der Waals surface area (Å²) in [6.07, 6.45) is 3.11. The predicted molar refractivity (Wildman–Crippen MR) is 98.7 cm³/mol. The molecule has 28 heavy (non-hydrogen) atoms. The van der Waals surface area contributed by atoms with Gasteiger partial charge in [-0.25, -0.2) is 19.0 Å². The number of imidazole rings is 1. The quantitative estimate of drug-likeness (QED) is 0.433. The molecule has 0 bridgehead atoms. The van der Waals surface area contributed by atoms with Crippen LogP contribution in [0.2, 0.25) is 0 Å². The summed E-state index contributed by atoms with van der Waals surface area (Å²) in [6.45, 7) is 4.23. The SMILES string of the molecule is CC(C)(CCl)c1nc(-c2ncn3c2Cn2ncnc2-c2cc(F)ccc2-3)no1. The summed E-state index contributed by atoms with van der Waals surface area (Å²) in [7, 11) is 0. The first-order valence-electron chi connectivity index (χ1n) is 8.63. The second-order valence-electron chi connectivity index (χ2n) is 7.25. The van der Waals surface area contributed by atoms with Crippen LogP contribution < -0.4 is 0 Å². The van der Waals surface area contributed by atoms with Crippen LogP contribution in [0.4, 0.5) is 4.39 Å². The van der Waals surface area contributed by atoms with Gasteiger partial charge in [0, 0.05) is 11.4 Å². The fourth-order valence-corrected chi connectivity index (χ4v) is 3.31. The zero-order chi connectivity index (χ0) is 19.5. The standard InChI is InChI=1S/C18H15ClFN7O/c1-18(2,7-19)17-24-15(25-28-17)14-13-6-27-16(21-8-23-27)11-5-10(20)3-4-12(11)26(13)9-22-14/h3-5,8-9H,6-7H2,1-2H3. The van der Waals surface area contributed by atoms with Crippen LogP contribution in [0.3, 0.4) is 0 Å². The van der Waals surface area contributed by atoms with Crippen molar-refractivity contribution < 1.29 is 8.91 Å². The molecule has 1 aromatic carbocycles. The third kappa shape index (κ3) is 2.46. The largest absolute Gasteiger partial charge is 0.338 e. The molecule has 3 aromatic heterocycles. The highest BCUT2D eigenvalue weighted by atomic mass is 35.5. The van der Waals surface area contributed by atoms with Crippen molar-refractivity contribution in [2.24, 2.45) is 0 Å². The molecule has 0 radical (unpaired) electrons. The van der Waals surface area contributed by atoms with E-state index in [4.69, 9.17) is 16.1 Å². The number of nitrogens with zero attached hydrogens (tertiary/aromatic N) is 7. The van der Waals surface area contributed by atoms with Gasteiger partial charge in [0.25, 0.3) is 0 Å². The molecule has 0 fully saturated rings. The molecule has 1 aliphatic rings. The highest BCUT2D eigenvalue weighted by molar-refractivity contribution is 6.18. The van der Waals surface area contributed by atoms with Gasteiger partial charge in [0.1, 0.15) is 24.2 Å². The summed E-state index contributed by atoms with van der Waals surface area (Å²) in [5, 5.41) is 8.38. The van der Waals surface area contributed by atoms with E-state index in [0.717, 1.165) is 11.4 Å². The molecule has 4 aromatic rings. The number of benzene rings is 1. The number of alkyl halides is 1. The minimum absolute atomic E-state index is 0.344. The Hall–Kier alpha value is -3.07. The molecule has 142 valence electrons. The minimum Gasteiger partial charge on any atom is -0.338 e. The molecule has 10 heteroatoms. The Morgan fingerprint density at radius 3 is 2.96 bits per heavy atom. The van der Waals surface area contributed by atoms with Gasteiger partial charge < -0.3 is 4.52 Å². The Bertz CT molecular complexity index is 1190. The van der Waals surface area contributed by atoms with Gasteiger partial charge in [0.15, 0.2) is 5.82 Å². The third-order valence-electron chi connectivity index (χ3n) is 4.79. The lowest BCUT2D eigenvalue weighted by atomic mass is 9.97. The molecule has 5 rings (SSSR count). The van der Waals surface area contributed by atoms with Crippen LogP contribution in [0.25, 0.3) is 28.6 Å². The second kappa shape index (κ2) is 5.96. The first-order chi connectivity index (χ1) is 13.5. The van der Waals surface area contributed by atoms with E-state index >= 15 is 0 Å². The monoisotopic (exact) mass is 399 g/mol. The first-order valence-corrected chi connectivity index (χ1v) is 9.16. The van der Waals surface area contributed by atoms with Crippen molar-refractivity contribution in [1.29, 1.82) is 0 Å². The van der Waals surface area contributed by atoms with Gasteiger partial charge in [-0.1, -0.05) is 5.16 Å². The maximum Gasteiger partial charge on any atom is 0.233 e. The lowest BCUT2D eigenvalue weighted by molar-refractivity contribution is 0.323. The van der Waals surface area contributed by atoms with Gasteiger partial charge in [0.05, 0.1) is 23.3 Å². The van der Waals surface area contributed by atoms with Gasteiger partial charge in [-0.3, -0.25) is 4.57 Å². The molecule has 0 spiro atoms. The summed E-state index contributed by atoms with van der Waals surface area (Å²) < 4.78 is 22.9. The zero-order valence-corrected chi connectivity index (χ0v) is 15.9. The van der Waals surface area contributed by atoms with Crippen LogP contribution in [-0.4, -0.2) is 40.3 Å². The number of hydrogen-bond donors (Lipinski definition) is 0. The first kappa shape index (κ1) is 17.1. The highest BCUT2D eigenvalue weighted by Crippen LogP contribution is 2.34. The summed E-state index contributed by atoms with van der Waals surface area (Å²) >= 11 is 6.01. The lowest BCUT2D eigenvalue weighted by Gasteiger charge is -2.14. The molecule has 0 N–H and O–H groups in total. The second-order valence-corrected chi connectivity index (χ2v) is 7.52. The van der Waals surface area contributed by atoms with Gasteiger partial charge in [-0.15, -0.1) is 11.6 Å². The van der Waals surface area contributed by atoms with Crippen LogP contribution in [0.1, 0.15) is 25.4 Å². The normalized spacial score (nSPS) is 13.0. The van der Waals surface area contributed by atoms with E-state index in [2.05, 4.69) is 25.2 Å². The fourth-order valence-electron chi connectivity index (χ4n) is 3.20. The maximum atomic E-state index is 13.9. The Kier molecular flexibility index (Phi) is 3.63. The Balaban J connectivity index is 1.69. The van der Waals surface area contributed by atoms with E-state index in [1.807, 2.05) is 18.4 Å². The number of hydrogen-bond acceptors (Lipinski definition) is 6. The van der Waals surface area contributed by atoms with Gasteiger partial charge in [-0.05, 0) is 32.0 Å². The topological polar surface area (TPSA) is 87.5 Å². The van der Waals surface area contributed by atoms with Gasteiger partial charge in [-0.2, -0.15) is 10.1 Å². The van der Waals surface area contributed by atoms with Crippen LogP contribution in [0, 0.1) is 5.82 Å². The molecule has 0 amide bonds. The predicted octanol–water partition coefficient (Wildman–Crippen LogP) is 3.20. The zero-order valence-electron chi connectivity index (χ0n) is 15.1. The molecule has 1 aliphatic heterocycles. The van der Waals surface area contributed by atoms with E-state index in [9.17, 15) is 4.39 Å². The molecule has 0 aliphatic carbocycles. The Morgan fingerprint density at radius 2 is 2.14 bits per heavy atom. The van der Waals surface area contributed by atoms with E-state index in [1.165, 1.54) is 18.5 Å². The molecule has 4 heterocycles. The average Bonchev–Trinajstić information content (AvgIpc) is 3.40. The fraction of sp³-hybridized carbons (Fsp3) is 0.278. The van der Waals surface area contributed by atoms with Gasteiger partial charge in [0.2, 0.25) is 11.7 Å². The summed E-state index contributed by atoms with van der Waals surface area (Å²) in [5.41, 5.74) is 2.31. The van der Waals surface area contributed by atoms with E-state index in [1.54, 1.807) is 17.1 Å². The van der Waals surface area contributed by atoms with Crippen molar-refractivity contribution in [2.75, 3.05) is 5.88 Å². The highest BCUT2D eigenvalue weighted by Gasteiger charge is 2.30. The lowest BCUT2D eigenvalue weighted by Crippen LogP contribution is -2.19. The van der Waals surface area contributed by atoms with E-state index in [-0.39, 0.29) is 5.82 Å². The number of aromatic nitrogens is 7. The maximum absolute atomic E-state index is 13.9. The van der Waals surface area contributed by atoms with Gasteiger partial charge >= 0.3 is 0 Å². The number of fused-ring (bicyclic) bond motifs is 5. The molecular weight excluding hydrogens is 385 g/mol. The van der Waals surface area contributed by atoms with Crippen molar-refractivity contribution in [3.63, 3.8) is 0 Å². The van der Waals surface area contributed by atoms with Crippen LogP contribution in [0.15, 0.2) is 35.4 Å². The summed E-state index contributed by atoms with van der Waals surface area (Å²) in [6, 6.07) is 4.55. The molecule has 0 unspecified atom stereocenters.